The molecule has 4 rings (SSSR count). The van der Waals surface area contributed by atoms with Gasteiger partial charge in [0, 0.05) is 20.1 Å². The molecule has 3 aromatic rings. The fourth-order valence-electron chi connectivity index (χ4n) is 3.13. The van der Waals surface area contributed by atoms with E-state index >= 15 is 0 Å². The second-order valence-electron chi connectivity index (χ2n) is 6.19. The molecule has 136 valence electrons. The maximum absolute atomic E-state index is 13.1. The first-order chi connectivity index (χ1) is 12.5. The second-order valence-corrected chi connectivity index (χ2v) is 8.13. The third-order valence-corrected chi connectivity index (χ3v) is 6.46. The van der Waals surface area contributed by atoms with Crippen molar-refractivity contribution in [3.63, 3.8) is 0 Å². The Bertz CT molecular complexity index is 1100. The van der Waals surface area contributed by atoms with Crippen LogP contribution in [-0.2, 0) is 21.8 Å². The minimum Gasteiger partial charge on any atom is -0.408 e. The standard InChI is InChI=1S/C18H18N2O5S/c1-19-15-11-14(7-8-16(15)25-18(19)21)26(22,23)20-9-10-24-17(12-20)13-5-3-2-4-6-13/h2-8,11,17H,9-10,12H2,1H3/t17-/m0/s1. The fraction of sp³-hybridized carbons (Fsp3) is 0.278. The molecule has 8 heteroatoms. The molecule has 1 aromatic heterocycles. The van der Waals surface area contributed by atoms with Crippen LogP contribution >= 0.6 is 0 Å². The average Bonchev–Trinajstić information content (AvgIpc) is 2.96. The number of ether oxygens (including phenoxy) is 1. The highest BCUT2D eigenvalue weighted by Crippen LogP contribution is 2.27. The van der Waals surface area contributed by atoms with E-state index in [1.54, 1.807) is 7.05 Å². The molecule has 2 heterocycles. The van der Waals surface area contributed by atoms with Crippen molar-refractivity contribution in [2.24, 2.45) is 7.05 Å². The van der Waals surface area contributed by atoms with Crippen molar-refractivity contribution in [3.05, 3.63) is 64.6 Å². The Labute approximate surface area is 150 Å². The lowest BCUT2D eigenvalue weighted by molar-refractivity contribution is -0.00255. The molecule has 2 aromatic carbocycles. The van der Waals surface area contributed by atoms with Gasteiger partial charge in [0.2, 0.25) is 10.0 Å². The maximum Gasteiger partial charge on any atom is 0.419 e. The highest BCUT2D eigenvalue weighted by Gasteiger charge is 2.31. The van der Waals surface area contributed by atoms with E-state index in [4.69, 9.17) is 9.15 Å². The van der Waals surface area contributed by atoms with Crippen LogP contribution in [0.3, 0.4) is 0 Å². The van der Waals surface area contributed by atoms with E-state index in [1.165, 1.54) is 27.1 Å². The molecule has 1 atom stereocenters. The van der Waals surface area contributed by atoms with Crippen LogP contribution in [0, 0.1) is 0 Å². The Morgan fingerprint density at radius 1 is 1.12 bits per heavy atom. The number of sulfonamides is 1. The van der Waals surface area contributed by atoms with Crippen molar-refractivity contribution in [2.75, 3.05) is 19.7 Å². The predicted molar refractivity (Wildman–Crippen MR) is 95.3 cm³/mol. The summed E-state index contributed by atoms with van der Waals surface area (Å²) in [5, 5.41) is 0. The monoisotopic (exact) mass is 374 g/mol. The Morgan fingerprint density at radius 3 is 2.65 bits per heavy atom. The fourth-order valence-corrected chi connectivity index (χ4v) is 4.57. The van der Waals surface area contributed by atoms with Crippen LogP contribution in [-0.4, -0.2) is 37.0 Å². The van der Waals surface area contributed by atoms with Crippen molar-refractivity contribution in [2.45, 2.75) is 11.0 Å². The van der Waals surface area contributed by atoms with E-state index in [-0.39, 0.29) is 24.1 Å². The summed E-state index contributed by atoms with van der Waals surface area (Å²) in [4.78, 5) is 11.8. The molecule has 26 heavy (non-hydrogen) atoms. The van der Waals surface area contributed by atoms with Gasteiger partial charge in [-0.05, 0) is 23.8 Å². The van der Waals surface area contributed by atoms with E-state index in [9.17, 15) is 13.2 Å². The van der Waals surface area contributed by atoms with Crippen LogP contribution in [0.25, 0.3) is 11.1 Å². The molecule has 1 fully saturated rings. The van der Waals surface area contributed by atoms with E-state index in [0.29, 0.717) is 17.7 Å². The van der Waals surface area contributed by atoms with E-state index in [2.05, 4.69) is 0 Å². The summed E-state index contributed by atoms with van der Waals surface area (Å²) >= 11 is 0. The lowest BCUT2D eigenvalue weighted by Gasteiger charge is -2.32. The third kappa shape index (κ3) is 2.86. The molecule has 0 bridgehead atoms. The van der Waals surface area contributed by atoms with Crippen molar-refractivity contribution >= 4 is 21.1 Å². The van der Waals surface area contributed by atoms with Gasteiger partial charge < -0.3 is 9.15 Å². The lowest BCUT2D eigenvalue weighted by atomic mass is 10.1. The number of hydrogen-bond acceptors (Lipinski definition) is 5. The quantitative estimate of drug-likeness (QED) is 0.699. The van der Waals surface area contributed by atoms with Gasteiger partial charge in [-0.25, -0.2) is 13.2 Å². The first-order valence-corrected chi connectivity index (χ1v) is 9.67. The van der Waals surface area contributed by atoms with E-state index < -0.39 is 15.8 Å². The molecular formula is C18H18N2O5S. The number of hydrogen-bond donors (Lipinski definition) is 0. The number of benzene rings is 2. The van der Waals surface area contributed by atoms with E-state index in [0.717, 1.165) is 5.56 Å². The van der Waals surface area contributed by atoms with Gasteiger partial charge in [0.05, 0.1) is 23.1 Å². The molecular weight excluding hydrogens is 356 g/mol. The Morgan fingerprint density at radius 2 is 1.88 bits per heavy atom. The topological polar surface area (TPSA) is 81.8 Å². The van der Waals surface area contributed by atoms with Gasteiger partial charge in [-0.1, -0.05) is 30.3 Å². The molecule has 0 saturated carbocycles. The SMILES string of the molecule is Cn1c(=O)oc2ccc(S(=O)(=O)N3CCO[C@H](c4ccccc4)C3)cc21. The van der Waals surface area contributed by atoms with Gasteiger partial charge in [-0.3, -0.25) is 4.57 Å². The van der Waals surface area contributed by atoms with Gasteiger partial charge in [-0.15, -0.1) is 0 Å². The number of rotatable bonds is 3. The molecule has 0 radical (unpaired) electrons. The zero-order valence-corrected chi connectivity index (χ0v) is 15.0. The lowest BCUT2D eigenvalue weighted by Crippen LogP contribution is -2.42. The van der Waals surface area contributed by atoms with Gasteiger partial charge in [0.1, 0.15) is 0 Å². The van der Waals surface area contributed by atoms with Crippen molar-refractivity contribution < 1.29 is 17.6 Å². The van der Waals surface area contributed by atoms with Gasteiger partial charge in [-0.2, -0.15) is 4.31 Å². The summed E-state index contributed by atoms with van der Waals surface area (Å²) in [5.74, 6) is -0.523. The molecule has 0 amide bonds. The van der Waals surface area contributed by atoms with Crippen molar-refractivity contribution in [3.8, 4) is 0 Å². The molecule has 0 spiro atoms. The molecule has 7 nitrogen and oxygen atoms in total. The van der Waals surface area contributed by atoms with Gasteiger partial charge in [0.25, 0.3) is 0 Å². The zero-order valence-electron chi connectivity index (χ0n) is 14.2. The third-order valence-electron chi connectivity index (χ3n) is 4.60. The number of aryl methyl sites for hydroxylation is 1. The number of aromatic nitrogens is 1. The maximum atomic E-state index is 13.1. The molecule has 0 aliphatic carbocycles. The molecule has 1 aliphatic rings. The highest BCUT2D eigenvalue weighted by atomic mass is 32.2. The number of fused-ring (bicyclic) bond motifs is 1. The molecule has 1 saturated heterocycles. The van der Waals surface area contributed by atoms with Gasteiger partial charge >= 0.3 is 5.76 Å². The van der Waals surface area contributed by atoms with Crippen LogP contribution in [0.15, 0.2) is 62.6 Å². The number of oxazole rings is 1. The second kappa shape index (κ2) is 6.39. The van der Waals surface area contributed by atoms with E-state index in [1.807, 2.05) is 30.3 Å². The summed E-state index contributed by atoms with van der Waals surface area (Å²) < 4.78 is 39.7. The minimum absolute atomic E-state index is 0.134. The summed E-state index contributed by atoms with van der Waals surface area (Å²) in [6.07, 6.45) is -0.304. The summed E-state index contributed by atoms with van der Waals surface area (Å²) in [5.41, 5.74) is 1.75. The molecule has 0 N–H and O–H groups in total. The summed E-state index contributed by atoms with van der Waals surface area (Å²) in [6.45, 7) is 0.855. The Kier molecular flexibility index (Phi) is 4.18. The number of morpholine rings is 1. The van der Waals surface area contributed by atoms with Crippen LogP contribution < -0.4 is 5.76 Å². The summed E-state index contributed by atoms with van der Waals surface area (Å²) in [6, 6.07) is 14.0. The van der Waals surface area contributed by atoms with Crippen LogP contribution in [0.5, 0.6) is 0 Å². The summed E-state index contributed by atoms with van der Waals surface area (Å²) in [7, 11) is -2.16. The smallest absolute Gasteiger partial charge is 0.408 e. The molecule has 0 unspecified atom stereocenters. The first kappa shape index (κ1) is 17.0. The number of nitrogens with zero attached hydrogens (tertiary/aromatic N) is 2. The zero-order chi connectivity index (χ0) is 18.3. The van der Waals surface area contributed by atoms with Gasteiger partial charge in [0.15, 0.2) is 5.58 Å². The highest BCUT2D eigenvalue weighted by molar-refractivity contribution is 7.89. The molecule has 1 aliphatic heterocycles. The Hall–Kier alpha value is -2.42. The first-order valence-electron chi connectivity index (χ1n) is 8.23. The van der Waals surface area contributed by atoms with Crippen LogP contribution in [0.4, 0.5) is 0 Å². The Balaban J connectivity index is 1.67. The minimum atomic E-state index is -3.71. The van der Waals surface area contributed by atoms with Crippen LogP contribution in [0.2, 0.25) is 0 Å². The normalized spacial score (nSPS) is 19.0. The van der Waals surface area contributed by atoms with Crippen molar-refractivity contribution in [1.82, 2.24) is 8.87 Å². The largest absolute Gasteiger partial charge is 0.419 e. The van der Waals surface area contributed by atoms with Crippen molar-refractivity contribution in [1.29, 1.82) is 0 Å². The average molecular weight is 374 g/mol. The predicted octanol–water partition coefficient (Wildman–Crippen LogP) is 1.89. The van der Waals surface area contributed by atoms with Crippen LogP contribution in [0.1, 0.15) is 11.7 Å².